The van der Waals surface area contributed by atoms with Gasteiger partial charge in [-0.1, -0.05) is 38.1 Å². The number of rotatable bonds is 6. The van der Waals surface area contributed by atoms with Gasteiger partial charge >= 0.3 is 5.97 Å². The molecule has 0 radical (unpaired) electrons. The summed E-state index contributed by atoms with van der Waals surface area (Å²) in [7, 11) is 1.31. The fraction of sp³-hybridized carbons (Fsp3) is 0.333. The Morgan fingerprint density at radius 2 is 1.81 bits per heavy atom. The molecule has 2 aromatic rings. The molecule has 0 saturated heterocycles. The standard InChI is InChI=1S/C21H23NO5/c1-14(2)11-22(12-15-7-6-10-18-19(15)27-13-26-18)20(23)16-8-4-5-9-17(16)21(24)25-3/h4-10,14H,11-13H2,1-3H3. The maximum absolute atomic E-state index is 13.3. The van der Waals surface area contributed by atoms with Crippen molar-refractivity contribution < 1.29 is 23.8 Å². The highest BCUT2D eigenvalue weighted by Crippen LogP contribution is 2.36. The molecule has 0 bridgehead atoms. The van der Waals surface area contributed by atoms with Crippen molar-refractivity contribution in [2.45, 2.75) is 20.4 Å². The van der Waals surface area contributed by atoms with Crippen LogP contribution in [-0.2, 0) is 11.3 Å². The van der Waals surface area contributed by atoms with Gasteiger partial charge in [0.2, 0.25) is 6.79 Å². The highest BCUT2D eigenvalue weighted by Gasteiger charge is 2.25. The van der Waals surface area contributed by atoms with Crippen molar-refractivity contribution in [1.82, 2.24) is 4.90 Å². The Morgan fingerprint density at radius 3 is 2.52 bits per heavy atom. The van der Waals surface area contributed by atoms with E-state index in [0.717, 1.165) is 5.56 Å². The zero-order chi connectivity index (χ0) is 19.4. The molecule has 1 amide bonds. The van der Waals surface area contributed by atoms with Crippen LogP contribution in [-0.4, -0.2) is 37.2 Å². The van der Waals surface area contributed by atoms with E-state index in [-0.39, 0.29) is 24.2 Å². The third-order valence-corrected chi connectivity index (χ3v) is 4.27. The number of methoxy groups -OCH3 is 1. The Bertz CT molecular complexity index is 846. The van der Waals surface area contributed by atoms with Gasteiger partial charge < -0.3 is 19.1 Å². The molecule has 142 valence electrons. The SMILES string of the molecule is COC(=O)c1ccccc1C(=O)N(Cc1cccc2c1OCO2)CC(C)C. The Morgan fingerprint density at radius 1 is 1.07 bits per heavy atom. The number of fused-ring (bicyclic) bond motifs is 1. The van der Waals surface area contributed by atoms with Crippen LogP contribution in [0.4, 0.5) is 0 Å². The number of nitrogens with zero attached hydrogens (tertiary/aromatic N) is 1. The summed E-state index contributed by atoms with van der Waals surface area (Å²) in [4.78, 5) is 27.1. The van der Waals surface area contributed by atoms with Crippen molar-refractivity contribution in [2.24, 2.45) is 5.92 Å². The first-order valence-electron chi connectivity index (χ1n) is 8.85. The van der Waals surface area contributed by atoms with Crippen LogP contribution in [0, 0.1) is 5.92 Å². The van der Waals surface area contributed by atoms with Gasteiger partial charge in [0.15, 0.2) is 11.5 Å². The van der Waals surface area contributed by atoms with Crippen LogP contribution in [0.5, 0.6) is 11.5 Å². The van der Waals surface area contributed by atoms with E-state index in [4.69, 9.17) is 14.2 Å². The van der Waals surface area contributed by atoms with Crippen LogP contribution in [0.15, 0.2) is 42.5 Å². The predicted octanol–water partition coefficient (Wildman–Crippen LogP) is 3.50. The van der Waals surface area contributed by atoms with Gasteiger partial charge in [0, 0.05) is 18.7 Å². The maximum atomic E-state index is 13.3. The largest absolute Gasteiger partial charge is 0.465 e. The van der Waals surface area contributed by atoms with Crippen LogP contribution in [0.1, 0.15) is 40.1 Å². The molecular formula is C21H23NO5. The number of hydrogen-bond donors (Lipinski definition) is 0. The summed E-state index contributed by atoms with van der Waals surface area (Å²) in [6, 6.07) is 12.3. The summed E-state index contributed by atoms with van der Waals surface area (Å²) in [5.74, 6) is 0.856. The number of esters is 1. The summed E-state index contributed by atoms with van der Waals surface area (Å²) in [6.45, 7) is 5.16. The first-order chi connectivity index (χ1) is 13.0. The van der Waals surface area contributed by atoms with E-state index >= 15 is 0 Å². The molecule has 0 atom stereocenters. The number of carbonyl (C=O) groups is 2. The zero-order valence-corrected chi connectivity index (χ0v) is 15.7. The van der Waals surface area contributed by atoms with Crippen LogP contribution in [0.3, 0.4) is 0 Å². The lowest BCUT2D eigenvalue weighted by atomic mass is 10.0. The lowest BCUT2D eigenvalue weighted by Crippen LogP contribution is -2.34. The van der Waals surface area contributed by atoms with E-state index in [1.54, 1.807) is 29.2 Å². The summed E-state index contributed by atoms with van der Waals surface area (Å²) >= 11 is 0. The minimum atomic E-state index is -0.527. The summed E-state index contributed by atoms with van der Waals surface area (Å²) in [5.41, 5.74) is 1.46. The molecule has 2 aromatic carbocycles. The molecule has 1 aliphatic rings. The van der Waals surface area contributed by atoms with Gasteiger partial charge in [-0.05, 0) is 24.1 Å². The third kappa shape index (κ3) is 4.05. The maximum Gasteiger partial charge on any atom is 0.338 e. The molecule has 0 N–H and O–H groups in total. The number of carbonyl (C=O) groups excluding carboxylic acids is 2. The smallest absolute Gasteiger partial charge is 0.338 e. The van der Waals surface area contributed by atoms with Crippen molar-refractivity contribution in [3.05, 3.63) is 59.2 Å². The monoisotopic (exact) mass is 369 g/mol. The van der Waals surface area contributed by atoms with Crippen molar-refractivity contribution in [2.75, 3.05) is 20.4 Å². The number of hydrogen-bond acceptors (Lipinski definition) is 5. The third-order valence-electron chi connectivity index (χ3n) is 4.27. The van der Waals surface area contributed by atoms with E-state index < -0.39 is 5.97 Å². The van der Waals surface area contributed by atoms with Crippen molar-refractivity contribution in [3.8, 4) is 11.5 Å². The quantitative estimate of drug-likeness (QED) is 0.729. The Labute approximate surface area is 158 Å². The van der Waals surface area contributed by atoms with E-state index in [9.17, 15) is 9.59 Å². The first-order valence-corrected chi connectivity index (χ1v) is 8.85. The highest BCUT2D eigenvalue weighted by atomic mass is 16.7. The fourth-order valence-electron chi connectivity index (χ4n) is 3.11. The normalized spacial score (nSPS) is 12.1. The molecule has 27 heavy (non-hydrogen) atoms. The van der Waals surface area contributed by atoms with E-state index in [2.05, 4.69) is 0 Å². The molecular weight excluding hydrogens is 346 g/mol. The van der Waals surface area contributed by atoms with E-state index in [0.29, 0.717) is 30.2 Å². The van der Waals surface area contributed by atoms with Crippen LogP contribution >= 0.6 is 0 Å². The Balaban J connectivity index is 1.93. The van der Waals surface area contributed by atoms with Crippen LogP contribution < -0.4 is 9.47 Å². The molecule has 3 rings (SSSR count). The van der Waals surface area contributed by atoms with Crippen molar-refractivity contribution in [1.29, 1.82) is 0 Å². The van der Waals surface area contributed by atoms with Gasteiger partial charge in [-0.3, -0.25) is 4.79 Å². The predicted molar refractivity (Wildman–Crippen MR) is 99.9 cm³/mol. The van der Waals surface area contributed by atoms with Gasteiger partial charge in [-0.2, -0.15) is 0 Å². The summed E-state index contributed by atoms with van der Waals surface area (Å²) in [6.07, 6.45) is 0. The van der Waals surface area contributed by atoms with Crippen molar-refractivity contribution >= 4 is 11.9 Å². The lowest BCUT2D eigenvalue weighted by Gasteiger charge is -2.26. The molecule has 0 aromatic heterocycles. The van der Waals surface area contributed by atoms with Crippen LogP contribution in [0.2, 0.25) is 0 Å². The number of benzene rings is 2. The van der Waals surface area contributed by atoms with Gasteiger partial charge in [0.25, 0.3) is 5.91 Å². The first kappa shape index (κ1) is 18.8. The topological polar surface area (TPSA) is 65.1 Å². The zero-order valence-electron chi connectivity index (χ0n) is 15.7. The van der Waals surface area contributed by atoms with Gasteiger partial charge in [-0.25, -0.2) is 4.79 Å². The van der Waals surface area contributed by atoms with Crippen LogP contribution in [0.25, 0.3) is 0 Å². The average molecular weight is 369 g/mol. The molecule has 0 fully saturated rings. The average Bonchev–Trinajstić information content (AvgIpc) is 3.15. The van der Waals surface area contributed by atoms with Gasteiger partial charge in [0.1, 0.15) is 0 Å². The molecule has 0 spiro atoms. The molecule has 1 aliphatic heterocycles. The number of amides is 1. The molecule has 6 nitrogen and oxygen atoms in total. The number of para-hydroxylation sites is 1. The molecule has 6 heteroatoms. The van der Waals surface area contributed by atoms with Gasteiger partial charge in [0.05, 0.1) is 18.2 Å². The lowest BCUT2D eigenvalue weighted by molar-refractivity contribution is 0.0587. The fourth-order valence-corrected chi connectivity index (χ4v) is 3.11. The molecule has 0 aliphatic carbocycles. The second-order valence-corrected chi connectivity index (χ2v) is 6.77. The second-order valence-electron chi connectivity index (χ2n) is 6.77. The summed E-state index contributed by atoms with van der Waals surface area (Å²) < 4.78 is 15.8. The minimum absolute atomic E-state index is 0.176. The van der Waals surface area contributed by atoms with Crippen molar-refractivity contribution in [3.63, 3.8) is 0 Å². The number of ether oxygens (including phenoxy) is 3. The molecule has 0 saturated carbocycles. The second kappa shape index (κ2) is 8.12. The van der Waals surface area contributed by atoms with Gasteiger partial charge in [-0.15, -0.1) is 0 Å². The molecule has 1 heterocycles. The Hall–Kier alpha value is -3.02. The van der Waals surface area contributed by atoms with E-state index in [1.807, 2.05) is 32.0 Å². The minimum Gasteiger partial charge on any atom is -0.465 e. The Kier molecular flexibility index (Phi) is 5.64. The summed E-state index contributed by atoms with van der Waals surface area (Å²) in [5, 5.41) is 0. The highest BCUT2D eigenvalue weighted by molar-refractivity contribution is 6.05. The van der Waals surface area contributed by atoms with E-state index in [1.165, 1.54) is 7.11 Å². The molecule has 0 unspecified atom stereocenters.